The first kappa shape index (κ1) is 20.8. The Kier molecular flexibility index (Phi) is 5.47. The van der Waals surface area contributed by atoms with Crippen molar-refractivity contribution in [3.8, 4) is 22.7 Å². The monoisotopic (exact) mass is 431 g/mol. The molecule has 0 aliphatic heterocycles. The van der Waals surface area contributed by atoms with E-state index in [0.29, 0.717) is 12.5 Å². The molecule has 1 aromatic heterocycles. The molecule has 6 nitrogen and oxygen atoms in total. The van der Waals surface area contributed by atoms with Gasteiger partial charge in [-0.1, -0.05) is 43.5 Å². The normalized spacial score (nSPS) is 16.3. The summed E-state index contributed by atoms with van der Waals surface area (Å²) in [5.41, 5.74) is 4.50. The predicted molar refractivity (Wildman–Crippen MR) is 126 cm³/mol. The second kappa shape index (κ2) is 8.43. The lowest BCUT2D eigenvalue weighted by molar-refractivity contribution is 0.284. The Morgan fingerprint density at radius 2 is 1.84 bits per heavy atom. The minimum absolute atomic E-state index is 0.0167. The van der Waals surface area contributed by atoms with Crippen LogP contribution in [0.25, 0.3) is 16.9 Å². The molecule has 1 spiro atoms. The first-order valence-corrected chi connectivity index (χ1v) is 11.4. The molecule has 1 fully saturated rings. The third-order valence-corrected chi connectivity index (χ3v) is 6.95. The van der Waals surface area contributed by atoms with Gasteiger partial charge >= 0.3 is 0 Å². The maximum Gasteiger partial charge on any atom is 0.263 e. The number of aliphatic hydroxyl groups is 1. The van der Waals surface area contributed by atoms with Gasteiger partial charge in [0.25, 0.3) is 5.56 Å². The van der Waals surface area contributed by atoms with E-state index in [-0.39, 0.29) is 17.6 Å². The molecular weight excluding hydrogens is 402 g/mol. The smallest absolute Gasteiger partial charge is 0.263 e. The number of ether oxygens (including phenoxy) is 1. The molecule has 0 unspecified atom stereocenters. The summed E-state index contributed by atoms with van der Waals surface area (Å²) in [6, 6.07) is 15.8. The summed E-state index contributed by atoms with van der Waals surface area (Å²) < 4.78 is 6.96. The lowest BCUT2D eigenvalue weighted by Gasteiger charge is -2.42. The zero-order valence-corrected chi connectivity index (χ0v) is 18.4. The van der Waals surface area contributed by atoms with Crippen LogP contribution < -0.4 is 15.6 Å². The maximum atomic E-state index is 14.2. The molecule has 166 valence electrons. The van der Waals surface area contributed by atoms with E-state index >= 15 is 0 Å². The zero-order chi connectivity index (χ0) is 22.1. The Bertz CT molecular complexity index is 1180. The molecule has 2 aliphatic carbocycles. The Hall–Kier alpha value is -3.12. The third-order valence-electron chi connectivity index (χ3n) is 6.95. The average molecular weight is 432 g/mol. The fraction of sp³-hybridized carbons (Fsp3) is 0.385. The minimum atomic E-state index is -0.171. The van der Waals surface area contributed by atoms with Crippen molar-refractivity contribution in [3.63, 3.8) is 0 Å². The van der Waals surface area contributed by atoms with E-state index < -0.39 is 0 Å². The van der Waals surface area contributed by atoms with Crippen molar-refractivity contribution in [2.75, 3.05) is 25.6 Å². The Balaban J connectivity index is 1.79. The number of fused-ring (bicyclic) bond motifs is 4. The van der Waals surface area contributed by atoms with Crippen molar-refractivity contribution in [1.82, 2.24) is 9.55 Å². The van der Waals surface area contributed by atoms with Crippen LogP contribution in [-0.2, 0) is 11.8 Å². The van der Waals surface area contributed by atoms with Crippen LogP contribution in [0.3, 0.4) is 0 Å². The molecule has 0 amide bonds. The lowest BCUT2D eigenvalue weighted by atomic mass is 9.62. The molecule has 0 atom stereocenters. The predicted octanol–water partition coefficient (Wildman–Crippen LogP) is 4.07. The molecular formula is C26H29N3O3. The Morgan fingerprint density at radius 3 is 2.56 bits per heavy atom. The highest BCUT2D eigenvalue weighted by Crippen LogP contribution is 2.48. The summed E-state index contributed by atoms with van der Waals surface area (Å²) in [5.74, 6) is 1.19. The van der Waals surface area contributed by atoms with Gasteiger partial charge in [-0.25, -0.2) is 9.55 Å². The van der Waals surface area contributed by atoms with E-state index in [1.807, 2.05) is 30.3 Å². The van der Waals surface area contributed by atoms with Gasteiger partial charge in [-0.05, 0) is 49.1 Å². The van der Waals surface area contributed by atoms with Gasteiger partial charge in [0.2, 0.25) is 5.95 Å². The summed E-state index contributed by atoms with van der Waals surface area (Å²) in [6.07, 6.45) is 6.39. The zero-order valence-electron chi connectivity index (χ0n) is 18.4. The van der Waals surface area contributed by atoms with Gasteiger partial charge < -0.3 is 15.2 Å². The number of hydrogen-bond acceptors (Lipinski definition) is 5. The van der Waals surface area contributed by atoms with Crippen LogP contribution in [0.1, 0.15) is 43.2 Å². The quantitative estimate of drug-likeness (QED) is 0.637. The minimum Gasteiger partial charge on any atom is -0.497 e. The van der Waals surface area contributed by atoms with Crippen LogP contribution in [0.4, 0.5) is 5.95 Å². The van der Waals surface area contributed by atoms with Gasteiger partial charge in [-0.3, -0.25) is 4.79 Å². The molecule has 32 heavy (non-hydrogen) atoms. The number of methoxy groups -OCH3 is 1. The van der Waals surface area contributed by atoms with Crippen molar-refractivity contribution in [2.24, 2.45) is 0 Å². The van der Waals surface area contributed by atoms with Gasteiger partial charge in [-0.15, -0.1) is 0 Å². The Morgan fingerprint density at radius 1 is 1.09 bits per heavy atom. The molecule has 5 rings (SSSR count). The molecule has 2 aromatic carbocycles. The van der Waals surface area contributed by atoms with Gasteiger partial charge in [0.1, 0.15) is 5.75 Å². The standard InChI is InChI=1S/C26H29N3O3/c1-32-20-11-9-19(10-12-20)29-24(31)22-23(28-25(29)27-15-16-30)21-8-4-3-7-18(21)17-26(22)13-5-2-6-14-26/h3-4,7-12,30H,2,5-6,13-17H2,1H3,(H,27,28). The summed E-state index contributed by atoms with van der Waals surface area (Å²) >= 11 is 0. The second-order valence-corrected chi connectivity index (χ2v) is 8.82. The summed E-state index contributed by atoms with van der Waals surface area (Å²) in [6.45, 7) is 0.268. The van der Waals surface area contributed by atoms with E-state index in [1.165, 1.54) is 12.0 Å². The molecule has 3 aromatic rings. The number of nitrogens with zero attached hydrogens (tertiary/aromatic N) is 2. The van der Waals surface area contributed by atoms with Crippen molar-refractivity contribution in [3.05, 3.63) is 70.0 Å². The fourth-order valence-corrected chi connectivity index (χ4v) is 5.46. The topological polar surface area (TPSA) is 76.4 Å². The van der Waals surface area contributed by atoms with Crippen LogP contribution in [-0.4, -0.2) is 34.9 Å². The molecule has 0 bridgehead atoms. The largest absolute Gasteiger partial charge is 0.497 e. The number of aromatic nitrogens is 2. The van der Waals surface area contributed by atoms with Gasteiger partial charge in [0.15, 0.2) is 0 Å². The van der Waals surface area contributed by atoms with Crippen LogP contribution in [0.2, 0.25) is 0 Å². The van der Waals surface area contributed by atoms with Gasteiger partial charge in [0.05, 0.1) is 30.7 Å². The summed E-state index contributed by atoms with van der Waals surface area (Å²) in [7, 11) is 1.63. The third kappa shape index (κ3) is 3.39. The van der Waals surface area contributed by atoms with Crippen LogP contribution >= 0.6 is 0 Å². The molecule has 0 saturated heterocycles. The average Bonchev–Trinajstić information content (AvgIpc) is 2.83. The van der Waals surface area contributed by atoms with E-state index in [1.54, 1.807) is 11.7 Å². The molecule has 2 N–H and O–H groups in total. The highest BCUT2D eigenvalue weighted by atomic mass is 16.5. The number of hydrogen-bond donors (Lipinski definition) is 2. The van der Waals surface area contributed by atoms with Gasteiger partial charge in [0, 0.05) is 17.5 Å². The number of anilines is 1. The van der Waals surface area contributed by atoms with Crippen molar-refractivity contribution >= 4 is 5.95 Å². The van der Waals surface area contributed by atoms with E-state index in [4.69, 9.17) is 9.72 Å². The highest BCUT2D eigenvalue weighted by molar-refractivity contribution is 5.73. The second-order valence-electron chi connectivity index (χ2n) is 8.82. The molecule has 0 radical (unpaired) electrons. The number of rotatable bonds is 5. The molecule has 6 heteroatoms. The van der Waals surface area contributed by atoms with Crippen LogP contribution in [0, 0.1) is 0 Å². The highest BCUT2D eigenvalue weighted by Gasteiger charge is 2.43. The fourth-order valence-electron chi connectivity index (χ4n) is 5.46. The van der Waals surface area contributed by atoms with E-state index in [2.05, 4.69) is 23.5 Å². The van der Waals surface area contributed by atoms with Gasteiger partial charge in [-0.2, -0.15) is 0 Å². The lowest BCUT2D eigenvalue weighted by Crippen LogP contribution is -2.43. The Labute approximate surface area is 187 Å². The van der Waals surface area contributed by atoms with E-state index in [0.717, 1.165) is 60.4 Å². The van der Waals surface area contributed by atoms with Crippen molar-refractivity contribution in [2.45, 2.75) is 43.9 Å². The number of aliphatic hydroxyl groups excluding tert-OH is 1. The first-order valence-electron chi connectivity index (χ1n) is 11.4. The van der Waals surface area contributed by atoms with Crippen molar-refractivity contribution in [1.29, 1.82) is 0 Å². The molecule has 1 heterocycles. The SMILES string of the molecule is COc1ccc(-n2c(NCCO)nc3c(c2=O)C2(CCCCC2)Cc2ccccc2-3)cc1. The molecule has 1 saturated carbocycles. The summed E-state index contributed by atoms with van der Waals surface area (Å²) in [5, 5.41) is 12.6. The van der Waals surface area contributed by atoms with Crippen LogP contribution in [0.15, 0.2) is 53.3 Å². The first-order chi connectivity index (χ1) is 15.7. The maximum absolute atomic E-state index is 14.2. The molecule has 2 aliphatic rings. The van der Waals surface area contributed by atoms with Crippen LogP contribution in [0.5, 0.6) is 5.75 Å². The summed E-state index contributed by atoms with van der Waals surface area (Å²) in [4.78, 5) is 19.3. The van der Waals surface area contributed by atoms with Crippen molar-refractivity contribution < 1.29 is 9.84 Å². The number of benzene rings is 2. The van der Waals surface area contributed by atoms with E-state index in [9.17, 15) is 9.90 Å². The number of nitrogens with one attached hydrogen (secondary N) is 1.